The zero-order chi connectivity index (χ0) is 22.2. The molecular formula is C25H28ClN5O. The second-order valence-electron chi connectivity index (χ2n) is 7.96. The molecule has 1 fully saturated rings. The topological polar surface area (TPSA) is 70.2 Å². The summed E-state index contributed by atoms with van der Waals surface area (Å²) in [5.74, 6) is 0.505. The molecule has 2 heterocycles. The van der Waals surface area contributed by atoms with E-state index in [1.165, 1.54) is 12.8 Å². The molecule has 0 atom stereocenters. The molecule has 2 N–H and O–H groups in total. The summed E-state index contributed by atoms with van der Waals surface area (Å²) in [5.41, 5.74) is 3.46. The molecule has 1 aromatic heterocycles. The number of hydrogen-bond acceptors (Lipinski definition) is 5. The lowest BCUT2D eigenvalue weighted by atomic mass is 10.1. The highest BCUT2D eigenvalue weighted by Gasteiger charge is 2.12. The van der Waals surface area contributed by atoms with Crippen molar-refractivity contribution in [2.24, 2.45) is 0 Å². The number of carbonyl (C=O) groups excluding carboxylic acids is 1. The Bertz CT molecular complexity index is 1050. The van der Waals surface area contributed by atoms with Crippen LogP contribution < -0.4 is 10.6 Å². The van der Waals surface area contributed by atoms with Crippen molar-refractivity contribution in [2.75, 3.05) is 38.0 Å². The number of rotatable bonds is 9. The monoisotopic (exact) mass is 449 g/mol. The number of nitrogens with one attached hydrogen (secondary N) is 2. The number of benzene rings is 2. The first-order valence-electron chi connectivity index (χ1n) is 11.1. The van der Waals surface area contributed by atoms with E-state index >= 15 is 0 Å². The molecule has 1 amide bonds. The predicted octanol–water partition coefficient (Wildman–Crippen LogP) is 4.28. The molecule has 1 saturated heterocycles. The van der Waals surface area contributed by atoms with Crippen molar-refractivity contribution in [3.63, 3.8) is 0 Å². The minimum atomic E-state index is -0.0556. The van der Waals surface area contributed by atoms with Crippen LogP contribution in [0.2, 0.25) is 5.02 Å². The van der Waals surface area contributed by atoms with Crippen LogP contribution in [-0.2, 0) is 6.42 Å². The lowest BCUT2D eigenvalue weighted by Gasteiger charge is -2.14. The van der Waals surface area contributed by atoms with Gasteiger partial charge in [-0.1, -0.05) is 35.9 Å². The molecule has 0 radical (unpaired) electrons. The van der Waals surface area contributed by atoms with Crippen LogP contribution >= 0.6 is 11.6 Å². The molecule has 3 aromatic rings. The van der Waals surface area contributed by atoms with Crippen molar-refractivity contribution < 1.29 is 4.79 Å². The molecule has 1 aliphatic rings. The third-order valence-corrected chi connectivity index (χ3v) is 5.81. The molecule has 0 bridgehead atoms. The molecule has 0 unspecified atom stereocenters. The fraction of sp³-hybridized carbons (Fsp3) is 0.320. The highest BCUT2D eigenvalue weighted by molar-refractivity contribution is 6.30. The summed E-state index contributed by atoms with van der Waals surface area (Å²) >= 11 is 6.05. The predicted molar refractivity (Wildman–Crippen MR) is 129 cm³/mol. The molecule has 1 aliphatic heterocycles. The van der Waals surface area contributed by atoms with Gasteiger partial charge in [0.15, 0.2) is 0 Å². The van der Waals surface area contributed by atoms with Gasteiger partial charge in [-0.3, -0.25) is 4.79 Å². The molecule has 0 saturated carbocycles. The summed E-state index contributed by atoms with van der Waals surface area (Å²) in [7, 11) is 0. The van der Waals surface area contributed by atoms with Gasteiger partial charge in [0, 0.05) is 42.0 Å². The average Bonchev–Trinajstić information content (AvgIpc) is 3.33. The fourth-order valence-electron chi connectivity index (χ4n) is 3.87. The van der Waals surface area contributed by atoms with Gasteiger partial charge in [0.05, 0.1) is 5.69 Å². The number of hydrogen-bond donors (Lipinski definition) is 2. The van der Waals surface area contributed by atoms with Crippen LogP contribution in [0.25, 0.3) is 11.3 Å². The molecule has 0 spiro atoms. The van der Waals surface area contributed by atoms with Crippen LogP contribution in [0.4, 0.5) is 5.95 Å². The number of halogens is 1. The Morgan fingerprint density at radius 3 is 2.72 bits per heavy atom. The van der Waals surface area contributed by atoms with Crippen molar-refractivity contribution in [3.8, 4) is 11.3 Å². The maximum absolute atomic E-state index is 12.6. The largest absolute Gasteiger partial charge is 0.354 e. The zero-order valence-corrected chi connectivity index (χ0v) is 18.8. The second-order valence-corrected chi connectivity index (χ2v) is 8.39. The minimum absolute atomic E-state index is 0.0556. The summed E-state index contributed by atoms with van der Waals surface area (Å²) in [4.78, 5) is 23.9. The van der Waals surface area contributed by atoms with Gasteiger partial charge in [-0.15, -0.1) is 0 Å². The van der Waals surface area contributed by atoms with Crippen molar-refractivity contribution in [2.45, 2.75) is 19.3 Å². The van der Waals surface area contributed by atoms with Crippen LogP contribution in [0.3, 0.4) is 0 Å². The van der Waals surface area contributed by atoms with Gasteiger partial charge in [-0.05, 0) is 68.2 Å². The highest BCUT2D eigenvalue weighted by atomic mass is 35.5. The van der Waals surface area contributed by atoms with Gasteiger partial charge in [0.25, 0.3) is 5.91 Å². The molecule has 4 rings (SSSR count). The van der Waals surface area contributed by atoms with Crippen LogP contribution in [0.5, 0.6) is 0 Å². The number of aromatic nitrogens is 2. The lowest BCUT2D eigenvalue weighted by Crippen LogP contribution is -2.33. The van der Waals surface area contributed by atoms with E-state index in [9.17, 15) is 4.79 Å². The molecular weight excluding hydrogens is 422 g/mol. The van der Waals surface area contributed by atoms with E-state index in [0.29, 0.717) is 24.6 Å². The Kier molecular flexibility index (Phi) is 7.69. The average molecular weight is 450 g/mol. The van der Waals surface area contributed by atoms with Crippen LogP contribution in [0.1, 0.15) is 28.8 Å². The Hall–Kier alpha value is -2.96. The number of carbonyl (C=O) groups is 1. The highest BCUT2D eigenvalue weighted by Crippen LogP contribution is 2.19. The third kappa shape index (κ3) is 6.28. The number of anilines is 1. The Morgan fingerprint density at radius 2 is 1.88 bits per heavy atom. The zero-order valence-electron chi connectivity index (χ0n) is 18.1. The number of likely N-dealkylation sites (tertiary alicyclic amines) is 1. The molecule has 166 valence electrons. The van der Waals surface area contributed by atoms with Gasteiger partial charge in [-0.25, -0.2) is 9.97 Å². The summed E-state index contributed by atoms with van der Waals surface area (Å²) in [6, 6.07) is 17.2. The van der Waals surface area contributed by atoms with Gasteiger partial charge in [0.2, 0.25) is 5.95 Å². The quantitative estimate of drug-likeness (QED) is 0.510. The lowest BCUT2D eigenvalue weighted by molar-refractivity contribution is 0.0950. The van der Waals surface area contributed by atoms with Gasteiger partial charge in [0.1, 0.15) is 0 Å². The van der Waals surface area contributed by atoms with E-state index < -0.39 is 0 Å². The third-order valence-electron chi connectivity index (χ3n) is 5.57. The Balaban J connectivity index is 1.34. The maximum atomic E-state index is 12.6. The summed E-state index contributed by atoms with van der Waals surface area (Å²) in [5, 5.41) is 7.03. The van der Waals surface area contributed by atoms with Crippen molar-refractivity contribution in [3.05, 3.63) is 76.9 Å². The van der Waals surface area contributed by atoms with Gasteiger partial charge < -0.3 is 15.5 Å². The van der Waals surface area contributed by atoms with Crippen LogP contribution in [0, 0.1) is 0 Å². The van der Waals surface area contributed by atoms with E-state index in [1.807, 2.05) is 54.6 Å². The summed E-state index contributed by atoms with van der Waals surface area (Å²) in [6.07, 6.45) is 5.06. The molecule has 32 heavy (non-hydrogen) atoms. The van der Waals surface area contributed by atoms with Gasteiger partial charge in [-0.2, -0.15) is 0 Å². The summed E-state index contributed by atoms with van der Waals surface area (Å²) in [6.45, 7) is 4.53. The van der Waals surface area contributed by atoms with E-state index in [-0.39, 0.29) is 5.91 Å². The van der Waals surface area contributed by atoms with Crippen LogP contribution in [0.15, 0.2) is 60.8 Å². The van der Waals surface area contributed by atoms with Crippen molar-refractivity contribution in [1.82, 2.24) is 20.2 Å². The van der Waals surface area contributed by atoms with E-state index in [2.05, 4.69) is 25.5 Å². The van der Waals surface area contributed by atoms with E-state index in [1.54, 1.807) is 6.20 Å². The molecule has 0 aliphatic carbocycles. The molecule has 7 heteroatoms. The normalized spacial score (nSPS) is 13.8. The Morgan fingerprint density at radius 1 is 1.03 bits per heavy atom. The fourth-order valence-corrected chi connectivity index (χ4v) is 4.08. The first-order chi connectivity index (χ1) is 15.7. The van der Waals surface area contributed by atoms with Crippen molar-refractivity contribution >= 4 is 23.5 Å². The number of amides is 1. The van der Waals surface area contributed by atoms with E-state index in [0.717, 1.165) is 47.9 Å². The number of nitrogens with zero attached hydrogens (tertiary/aromatic N) is 3. The standard InChI is InChI=1S/C25H28ClN5O/c26-22-8-3-5-19(17-22)9-11-28-25-29-12-10-23(30-25)20-6-4-7-21(18-20)24(32)27-13-16-31-14-1-2-15-31/h3-8,10,12,17-18H,1-2,9,11,13-16H2,(H,27,32)(H,28,29,30). The smallest absolute Gasteiger partial charge is 0.251 e. The SMILES string of the molecule is O=C(NCCN1CCCC1)c1cccc(-c2ccnc(NCCc3cccc(Cl)c3)n2)c1. The summed E-state index contributed by atoms with van der Waals surface area (Å²) < 4.78 is 0. The van der Waals surface area contributed by atoms with E-state index in [4.69, 9.17) is 11.6 Å². The second kappa shape index (κ2) is 11.1. The first kappa shape index (κ1) is 22.2. The van der Waals surface area contributed by atoms with Gasteiger partial charge >= 0.3 is 0 Å². The maximum Gasteiger partial charge on any atom is 0.251 e. The Labute approximate surface area is 194 Å². The first-order valence-corrected chi connectivity index (χ1v) is 11.5. The van der Waals surface area contributed by atoms with Crippen molar-refractivity contribution in [1.29, 1.82) is 0 Å². The minimum Gasteiger partial charge on any atom is -0.354 e. The molecule has 6 nitrogen and oxygen atoms in total. The molecule has 2 aromatic carbocycles. The van der Waals surface area contributed by atoms with Crippen LogP contribution in [-0.4, -0.2) is 53.5 Å².